The number of aromatic amines is 1. The Labute approximate surface area is 106 Å². The lowest BCUT2D eigenvalue weighted by Crippen LogP contribution is -2.00. The van der Waals surface area contributed by atoms with Crippen LogP contribution in [0.15, 0.2) is 24.3 Å². The highest BCUT2D eigenvalue weighted by molar-refractivity contribution is 5.88. The molecular weight excluding hydrogens is 254 g/mol. The van der Waals surface area contributed by atoms with Crippen molar-refractivity contribution in [2.24, 2.45) is 0 Å². The molecule has 8 heteroatoms. The average Bonchev–Trinajstić information content (AvgIpc) is 2.74. The van der Waals surface area contributed by atoms with Crippen LogP contribution in [0.1, 0.15) is 16.1 Å². The van der Waals surface area contributed by atoms with Crippen molar-refractivity contribution < 1.29 is 19.6 Å². The number of H-pyrrole nitrogens is 1. The number of nitrogens with one attached hydrogen (secondary N) is 1. The van der Waals surface area contributed by atoms with E-state index >= 15 is 0 Å². The minimum Gasteiger partial charge on any atom is -0.478 e. The van der Waals surface area contributed by atoms with E-state index in [1.54, 1.807) is 13.0 Å². The van der Waals surface area contributed by atoms with Crippen LogP contribution in [0.4, 0.5) is 5.69 Å². The molecule has 0 amide bonds. The predicted molar refractivity (Wildman–Crippen MR) is 63.5 cm³/mol. The summed E-state index contributed by atoms with van der Waals surface area (Å²) >= 11 is 0. The Morgan fingerprint density at radius 3 is 2.74 bits per heavy atom. The Bertz CT molecular complexity index is 650. The van der Waals surface area contributed by atoms with Gasteiger partial charge in [-0.05, 0) is 19.1 Å². The quantitative estimate of drug-likeness (QED) is 0.644. The SMILES string of the molecule is Cc1cc(Oc2ccc(C(=O)O)cc2[N+](=O)[O-])n[nH]1. The van der Waals surface area contributed by atoms with E-state index in [4.69, 9.17) is 9.84 Å². The highest BCUT2D eigenvalue weighted by atomic mass is 16.6. The maximum Gasteiger partial charge on any atom is 0.335 e. The molecule has 0 saturated heterocycles. The summed E-state index contributed by atoms with van der Waals surface area (Å²) in [7, 11) is 0. The number of carboxylic acid groups (broad SMARTS) is 1. The van der Waals surface area contributed by atoms with E-state index in [-0.39, 0.29) is 17.2 Å². The number of aryl methyl sites for hydroxylation is 1. The van der Waals surface area contributed by atoms with Crippen molar-refractivity contribution in [2.45, 2.75) is 6.92 Å². The summed E-state index contributed by atoms with van der Waals surface area (Å²) in [6, 6.07) is 4.96. The van der Waals surface area contributed by atoms with Crippen LogP contribution in [0.3, 0.4) is 0 Å². The molecule has 2 N–H and O–H groups in total. The summed E-state index contributed by atoms with van der Waals surface area (Å²) in [4.78, 5) is 21.0. The van der Waals surface area contributed by atoms with E-state index < -0.39 is 16.6 Å². The van der Waals surface area contributed by atoms with Gasteiger partial charge in [-0.1, -0.05) is 0 Å². The maximum atomic E-state index is 10.9. The van der Waals surface area contributed by atoms with E-state index in [2.05, 4.69) is 10.2 Å². The number of nitro benzene ring substituents is 1. The maximum absolute atomic E-state index is 10.9. The second-order valence-corrected chi connectivity index (χ2v) is 3.74. The van der Waals surface area contributed by atoms with E-state index in [1.165, 1.54) is 12.1 Å². The highest BCUT2D eigenvalue weighted by Gasteiger charge is 2.19. The van der Waals surface area contributed by atoms with Crippen LogP contribution in [0.5, 0.6) is 11.6 Å². The molecule has 0 radical (unpaired) electrons. The first-order valence-corrected chi connectivity index (χ1v) is 5.19. The largest absolute Gasteiger partial charge is 0.478 e. The van der Waals surface area contributed by atoms with Gasteiger partial charge < -0.3 is 9.84 Å². The number of nitro groups is 1. The van der Waals surface area contributed by atoms with Crippen LogP contribution in [0, 0.1) is 17.0 Å². The molecule has 98 valence electrons. The van der Waals surface area contributed by atoms with Gasteiger partial charge in [0.2, 0.25) is 11.6 Å². The molecule has 1 aromatic carbocycles. The van der Waals surface area contributed by atoms with E-state index in [0.717, 1.165) is 11.8 Å². The first-order chi connectivity index (χ1) is 8.97. The molecule has 2 rings (SSSR count). The molecule has 1 aromatic heterocycles. The molecular formula is C11H9N3O5. The van der Waals surface area contributed by atoms with Gasteiger partial charge in [0.25, 0.3) is 0 Å². The standard InChI is InChI=1S/C11H9N3O5/c1-6-4-10(13-12-6)19-9-3-2-7(11(15)16)5-8(9)14(17)18/h2-5H,1H3,(H,12,13)(H,15,16). The molecule has 0 aliphatic carbocycles. The third kappa shape index (κ3) is 2.68. The van der Waals surface area contributed by atoms with Crippen molar-refractivity contribution in [3.8, 4) is 11.6 Å². The van der Waals surface area contributed by atoms with Crippen molar-refractivity contribution >= 4 is 11.7 Å². The number of hydrogen-bond acceptors (Lipinski definition) is 5. The van der Waals surface area contributed by atoms with Gasteiger partial charge in [-0.25, -0.2) is 4.79 Å². The number of rotatable bonds is 4. The van der Waals surface area contributed by atoms with Gasteiger partial charge in [0, 0.05) is 17.8 Å². The number of ether oxygens (including phenoxy) is 1. The molecule has 1 heterocycles. The van der Waals surface area contributed by atoms with Gasteiger partial charge in [0.05, 0.1) is 10.5 Å². The Kier molecular flexibility index (Phi) is 3.15. The van der Waals surface area contributed by atoms with Crippen LogP contribution >= 0.6 is 0 Å². The fourth-order valence-electron chi connectivity index (χ4n) is 1.44. The van der Waals surface area contributed by atoms with E-state index in [0.29, 0.717) is 0 Å². The normalized spacial score (nSPS) is 10.2. The van der Waals surface area contributed by atoms with Gasteiger partial charge in [0.1, 0.15) is 0 Å². The Hall–Kier alpha value is -2.90. The van der Waals surface area contributed by atoms with Crippen molar-refractivity contribution in [1.82, 2.24) is 10.2 Å². The molecule has 2 aromatic rings. The molecule has 0 atom stereocenters. The third-order valence-corrected chi connectivity index (χ3v) is 2.30. The van der Waals surface area contributed by atoms with Crippen molar-refractivity contribution in [1.29, 1.82) is 0 Å². The summed E-state index contributed by atoms with van der Waals surface area (Å²) < 4.78 is 5.25. The minimum atomic E-state index is -1.25. The number of carboxylic acids is 1. The molecule has 0 spiro atoms. The number of aromatic carboxylic acids is 1. The summed E-state index contributed by atoms with van der Waals surface area (Å²) in [6.45, 7) is 1.75. The molecule has 0 bridgehead atoms. The summed E-state index contributed by atoms with van der Waals surface area (Å²) in [5, 5.41) is 26.1. The van der Waals surface area contributed by atoms with Crippen molar-refractivity contribution in [3.63, 3.8) is 0 Å². The first-order valence-electron chi connectivity index (χ1n) is 5.19. The molecule has 0 aliphatic heterocycles. The molecule has 0 unspecified atom stereocenters. The van der Waals surface area contributed by atoms with E-state index in [9.17, 15) is 14.9 Å². The summed E-state index contributed by atoms with van der Waals surface area (Å²) in [5.74, 6) is -1.14. The van der Waals surface area contributed by atoms with E-state index in [1.807, 2.05) is 0 Å². The zero-order chi connectivity index (χ0) is 14.0. The highest BCUT2D eigenvalue weighted by Crippen LogP contribution is 2.31. The van der Waals surface area contributed by atoms with Crippen molar-refractivity contribution in [2.75, 3.05) is 0 Å². The Morgan fingerprint density at radius 2 is 2.21 bits per heavy atom. The third-order valence-electron chi connectivity index (χ3n) is 2.30. The number of carbonyl (C=O) groups is 1. The summed E-state index contributed by atoms with van der Waals surface area (Å²) in [5.41, 5.74) is 0.123. The molecule has 0 fully saturated rings. The van der Waals surface area contributed by atoms with Crippen LogP contribution in [-0.2, 0) is 0 Å². The fraction of sp³-hybridized carbons (Fsp3) is 0.0909. The average molecular weight is 263 g/mol. The monoisotopic (exact) mass is 263 g/mol. The zero-order valence-electron chi connectivity index (χ0n) is 9.78. The second kappa shape index (κ2) is 4.77. The Morgan fingerprint density at radius 1 is 1.47 bits per heavy atom. The number of benzene rings is 1. The molecule has 19 heavy (non-hydrogen) atoms. The lowest BCUT2D eigenvalue weighted by Gasteiger charge is -2.03. The van der Waals surface area contributed by atoms with Gasteiger partial charge >= 0.3 is 11.7 Å². The van der Waals surface area contributed by atoms with Gasteiger partial charge in [0.15, 0.2) is 0 Å². The van der Waals surface area contributed by atoms with Crippen LogP contribution in [0.2, 0.25) is 0 Å². The predicted octanol–water partition coefficient (Wildman–Crippen LogP) is 2.12. The zero-order valence-corrected chi connectivity index (χ0v) is 9.78. The van der Waals surface area contributed by atoms with Crippen molar-refractivity contribution in [3.05, 3.63) is 45.6 Å². The van der Waals surface area contributed by atoms with Gasteiger partial charge in [-0.2, -0.15) is 0 Å². The van der Waals surface area contributed by atoms with Gasteiger partial charge in [-0.3, -0.25) is 15.2 Å². The van der Waals surface area contributed by atoms with Crippen LogP contribution in [0.25, 0.3) is 0 Å². The lowest BCUT2D eigenvalue weighted by atomic mass is 10.2. The number of aromatic nitrogens is 2. The fourth-order valence-corrected chi connectivity index (χ4v) is 1.44. The van der Waals surface area contributed by atoms with Gasteiger partial charge in [-0.15, -0.1) is 5.10 Å². The first kappa shape index (κ1) is 12.6. The van der Waals surface area contributed by atoms with Crippen LogP contribution in [-0.4, -0.2) is 26.2 Å². The topological polar surface area (TPSA) is 118 Å². The number of nitrogens with zero attached hydrogens (tertiary/aromatic N) is 2. The van der Waals surface area contributed by atoms with Crippen LogP contribution < -0.4 is 4.74 Å². The lowest BCUT2D eigenvalue weighted by molar-refractivity contribution is -0.385. The minimum absolute atomic E-state index is 0.0681. The molecule has 8 nitrogen and oxygen atoms in total. The molecule has 0 aliphatic rings. The Balaban J connectivity index is 2.39. The summed E-state index contributed by atoms with van der Waals surface area (Å²) in [6.07, 6.45) is 0. The number of hydrogen-bond donors (Lipinski definition) is 2. The molecule has 0 saturated carbocycles. The second-order valence-electron chi connectivity index (χ2n) is 3.74. The smallest absolute Gasteiger partial charge is 0.335 e.